The van der Waals surface area contributed by atoms with Crippen LogP contribution in [0.15, 0.2) is 61.3 Å². The van der Waals surface area contributed by atoms with Crippen LogP contribution in [-0.2, 0) is 0 Å². The number of nitrogens with one attached hydrogen (secondary N) is 2. The van der Waals surface area contributed by atoms with E-state index in [-0.39, 0.29) is 23.5 Å². The number of imidazole rings is 1. The van der Waals surface area contributed by atoms with Gasteiger partial charge in [-0.05, 0) is 38.1 Å². The lowest BCUT2D eigenvalue weighted by Gasteiger charge is -2.14. The molecule has 0 aliphatic heterocycles. The van der Waals surface area contributed by atoms with E-state index in [9.17, 15) is 9.59 Å². The molecule has 3 rings (SSSR count). The van der Waals surface area contributed by atoms with Gasteiger partial charge in [0.2, 0.25) is 5.82 Å². The second-order valence-electron chi connectivity index (χ2n) is 6.36. The van der Waals surface area contributed by atoms with Crippen LogP contribution in [0.4, 0.5) is 5.69 Å². The Hall–Kier alpha value is -3.61. The minimum Gasteiger partial charge on any atom is -0.489 e. The van der Waals surface area contributed by atoms with E-state index in [1.165, 1.54) is 0 Å². The highest BCUT2D eigenvalue weighted by Crippen LogP contribution is 2.25. The number of amides is 2. The number of hydrogen-bond acceptors (Lipinski definition) is 4. The van der Waals surface area contributed by atoms with E-state index in [0.717, 1.165) is 0 Å². The minimum absolute atomic E-state index is 0.0366. The number of carbonyl (C=O) groups is 2. The Morgan fingerprint density at radius 3 is 2.68 bits per heavy atom. The Morgan fingerprint density at radius 1 is 1.18 bits per heavy atom. The third-order valence-corrected chi connectivity index (χ3v) is 3.87. The maximum Gasteiger partial charge on any atom is 0.292 e. The fraction of sp³-hybridized carbons (Fsp3) is 0.190. The van der Waals surface area contributed by atoms with E-state index >= 15 is 0 Å². The standard InChI is InChI=1S/C21H22N4O3/c1-4-12-22-20(26)18-16-10-7-8-13-25(16)19(24-18)21(27)23-15-9-5-6-11-17(15)28-14(2)3/h4-11,13-14H,1,12H2,2-3H3,(H,22,26)(H,23,27). The van der Waals surface area contributed by atoms with Crippen molar-refractivity contribution in [1.29, 1.82) is 0 Å². The average molecular weight is 378 g/mol. The molecule has 1 aromatic carbocycles. The van der Waals surface area contributed by atoms with Crippen molar-refractivity contribution >= 4 is 23.0 Å². The van der Waals surface area contributed by atoms with Gasteiger partial charge in [-0.25, -0.2) is 4.98 Å². The van der Waals surface area contributed by atoms with Crippen LogP contribution in [0.2, 0.25) is 0 Å². The van der Waals surface area contributed by atoms with E-state index < -0.39 is 5.91 Å². The lowest BCUT2D eigenvalue weighted by Crippen LogP contribution is -2.24. The van der Waals surface area contributed by atoms with E-state index in [4.69, 9.17) is 4.74 Å². The van der Waals surface area contributed by atoms with Gasteiger partial charge in [-0.3, -0.25) is 14.0 Å². The Morgan fingerprint density at radius 2 is 1.93 bits per heavy atom. The van der Waals surface area contributed by atoms with Gasteiger partial charge in [0.25, 0.3) is 11.8 Å². The summed E-state index contributed by atoms with van der Waals surface area (Å²) in [6, 6.07) is 12.5. The topological polar surface area (TPSA) is 84.7 Å². The Balaban J connectivity index is 1.95. The number of nitrogens with zero attached hydrogens (tertiary/aromatic N) is 2. The van der Waals surface area contributed by atoms with Gasteiger partial charge in [0.1, 0.15) is 5.75 Å². The molecule has 144 valence electrons. The lowest BCUT2D eigenvalue weighted by atomic mass is 10.3. The molecule has 2 N–H and O–H groups in total. The van der Waals surface area contributed by atoms with Gasteiger partial charge in [0.05, 0.1) is 17.3 Å². The Labute approximate surface area is 163 Å². The number of benzene rings is 1. The fourth-order valence-corrected chi connectivity index (χ4v) is 2.72. The number of rotatable bonds is 7. The predicted octanol–water partition coefficient (Wildman–Crippen LogP) is 3.29. The summed E-state index contributed by atoms with van der Waals surface area (Å²) in [5.74, 6) is -0.135. The molecular formula is C21H22N4O3. The van der Waals surface area contributed by atoms with Crippen molar-refractivity contribution in [1.82, 2.24) is 14.7 Å². The molecule has 0 saturated heterocycles. The van der Waals surface area contributed by atoms with Crippen molar-refractivity contribution in [2.45, 2.75) is 20.0 Å². The molecule has 0 fully saturated rings. The second-order valence-corrected chi connectivity index (χ2v) is 6.36. The number of carbonyl (C=O) groups excluding carboxylic acids is 2. The van der Waals surface area contributed by atoms with Crippen LogP contribution in [0, 0.1) is 0 Å². The van der Waals surface area contributed by atoms with Crippen molar-refractivity contribution in [3.8, 4) is 5.75 Å². The first-order valence-electron chi connectivity index (χ1n) is 8.94. The molecule has 0 atom stereocenters. The molecule has 0 bridgehead atoms. The highest BCUT2D eigenvalue weighted by Gasteiger charge is 2.22. The first-order chi connectivity index (χ1) is 13.5. The second kappa shape index (κ2) is 8.39. The maximum atomic E-state index is 12.9. The van der Waals surface area contributed by atoms with E-state index in [2.05, 4.69) is 22.2 Å². The van der Waals surface area contributed by atoms with Crippen molar-refractivity contribution in [3.63, 3.8) is 0 Å². The first-order valence-corrected chi connectivity index (χ1v) is 8.94. The molecule has 7 heteroatoms. The summed E-state index contributed by atoms with van der Waals surface area (Å²) in [5.41, 5.74) is 1.26. The van der Waals surface area contributed by atoms with Crippen LogP contribution in [-0.4, -0.2) is 33.8 Å². The number of aromatic nitrogens is 2. The summed E-state index contributed by atoms with van der Waals surface area (Å²) in [5, 5.41) is 5.51. The fourth-order valence-electron chi connectivity index (χ4n) is 2.72. The quantitative estimate of drug-likeness (QED) is 0.618. The van der Waals surface area contributed by atoms with Crippen molar-refractivity contribution in [2.75, 3.05) is 11.9 Å². The molecule has 0 aliphatic carbocycles. The normalized spacial score (nSPS) is 10.7. The van der Waals surface area contributed by atoms with Gasteiger partial charge in [0.15, 0.2) is 5.69 Å². The zero-order valence-electron chi connectivity index (χ0n) is 15.8. The van der Waals surface area contributed by atoms with Crippen LogP contribution in [0.1, 0.15) is 35.0 Å². The molecule has 2 heterocycles. The van der Waals surface area contributed by atoms with Gasteiger partial charge in [-0.2, -0.15) is 0 Å². The molecule has 2 aromatic heterocycles. The van der Waals surface area contributed by atoms with Gasteiger partial charge in [-0.1, -0.05) is 24.3 Å². The van der Waals surface area contributed by atoms with Crippen molar-refractivity contribution in [2.24, 2.45) is 0 Å². The maximum absolute atomic E-state index is 12.9. The highest BCUT2D eigenvalue weighted by molar-refractivity contribution is 6.06. The predicted molar refractivity (Wildman–Crippen MR) is 108 cm³/mol. The Bertz CT molecular complexity index is 1020. The number of pyridine rings is 1. The van der Waals surface area contributed by atoms with Gasteiger partial charge >= 0.3 is 0 Å². The van der Waals surface area contributed by atoms with Crippen LogP contribution < -0.4 is 15.4 Å². The largest absolute Gasteiger partial charge is 0.489 e. The number of fused-ring (bicyclic) bond motifs is 1. The van der Waals surface area contributed by atoms with Crippen LogP contribution in [0.25, 0.3) is 5.52 Å². The van der Waals surface area contributed by atoms with Gasteiger partial charge in [-0.15, -0.1) is 6.58 Å². The molecule has 0 saturated carbocycles. The molecule has 3 aromatic rings. The summed E-state index contributed by atoms with van der Waals surface area (Å²) < 4.78 is 7.33. The highest BCUT2D eigenvalue weighted by atomic mass is 16.5. The smallest absolute Gasteiger partial charge is 0.292 e. The van der Waals surface area contributed by atoms with E-state index in [1.54, 1.807) is 53.1 Å². The summed E-state index contributed by atoms with van der Waals surface area (Å²) >= 11 is 0. The third-order valence-electron chi connectivity index (χ3n) is 3.87. The van der Waals surface area contributed by atoms with Crippen LogP contribution in [0.3, 0.4) is 0 Å². The Kier molecular flexibility index (Phi) is 5.74. The molecule has 28 heavy (non-hydrogen) atoms. The molecule has 2 amide bonds. The van der Waals surface area contributed by atoms with Crippen LogP contribution >= 0.6 is 0 Å². The van der Waals surface area contributed by atoms with Gasteiger partial charge in [0, 0.05) is 12.7 Å². The van der Waals surface area contributed by atoms with Crippen molar-refractivity contribution < 1.29 is 14.3 Å². The van der Waals surface area contributed by atoms with Gasteiger partial charge < -0.3 is 15.4 Å². The monoisotopic (exact) mass is 378 g/mol. The molecule has 0 radical (unpaired) electrons. The van der Waals surface area contributed by atoms with E-state index in [1.807, 2.05) is 19.9 Å². The summed E-state index contributed by atoms with van der Waals surface area (Å²) in [4.78, 5) is 29.6. The summed E-state index contributed by atoms with van der Waals surface area (Å²) in [6.07, 6.45) is 3.23. The summed E-state index contributed by atoms with van der Waals surface area (Å²) in [7, 11) is 0. The lowest BCUT2D eigenvalue weighted by molar-refractivity contribution is 0.0955. The SMILES string of the molecule is C=CCNC(=O)c1nc(C(=O)Nc2ccccc2OC(C)C)n2ccccc12. The first kappa shape index (κ1) is 19.2. The number of anilines is 1. The molecule has 0 unspecified atom stereocenters. The number of hydrogen-bond donors (Lipinski definition) is 2. The minimum atomic E-state index is -0.441. The molecular weight excluding hydrogens is 356 g/mol. The van der Waals surface area contributed by atoms with Crippen molar-refractivity contribution in [3.05, 3.63) is 72.8 Å². The summed E-state index contributed by atoms with van der Waals surface area (Å²) in [6.45, 7) is 7.72. The molecule has 0 spiro atoms. The zero-order valence-corrected chi connectivity index (χ0v) is 15.8. The average Bonchev–Trinajstić information content (AvgIpc) is 3.07. The number of ether oxygens (including phenoxy) is 1. The third kappa shape index (κ3) is 4.03. The zero-order chi connectivity index (χ0) is 20.1. The number of para-hydroxylation sites is 2. The van der Waals surface area contributed by atoms with Crippen LogP contribution in [0.5, 0.6) is 5.75 Å². The van der Waals surface area contributed by atoms with E-state index in [0.29, 0.717) is 23.5 Å². The molecule has 0 aliphatic rings. The molecule has 7 nitrogen and oxygen atoms in total.